The number of nitrogens with one attached hydrogen (secondary N) is 1. The van der Waals surface area contributed by atoms with Crippen molar-refractivity contribution in [3.8, 4) is 17.1 Å². The van der Waals surface area contributed by atoms with Gasteiger partial charge in [-0.3, -0.25) is 9.69 Å². The number of ether oxygens (including phenoxy) is 2. The number of rotatable bonds is 7. The molecule has 3 aliphatic heterocycles. The lowest BCUT2D eigenvalue weighted by atomic mass is 10.0. The summed E-state index contributed by atoms with van der Waals surface area (Å²) in [5, 5.41) is 3.64. The highest BCUT2D eigenvalue weighted by Gasteiger charge is 2.32. The van der Waals surface area contributed by atoms with Gasteiger partial charge in [0.25, 0.3) is 0 Å². The van der Waals surface area contributed by atoms with Crippen molar-refractivity contribution >= 4 is 34.2 Å². The number of anilines is 1. The van der Waals surface area contributed by atoms with Gasteiger partial charge >= 0.3 is 0 Å². The fourth-order valence-electron chi connectivity index (χ4n) is 5.80. The summed E-state index contributed by atoms with van der Waals surface area (Å²) in [5.74, 6) is 0.768. The van der Waals surface area contributed by atoms with E-state index in [9.17, 15) is 4.79 Å². The van der Waals surface area contributed by atoms with E-state index in [2.05, 4.69) is 31.8 Å². The minimum Gasteiger partial charge on any atom is -0.473 e. The van der Waals surface area contributed by atoms with Crippen LogP contribution in [0.5, 0.6) is 5.88 Å². The Bertz CT molecular complexity index is 1360. The summed E-state index contributed by atoms with van der Waals surface area (Å²) >= 11 is 6.85. The predicted molar refractivity (Wildman–Crippen MR) is 146 cm³/mol. The van der Waals surface area contributed by atoms with Gasteiger partial charge in [0.2, 0.25) is 11.8 Å². The molecule has 0 bridgehead atoms. The van der Waals surface area contributed by atoms with Crippen LogP contribution in [0.4, 0.5) is 5.69 Å². The smallest absolute Gasteiger partial charge is 0.241 e. The van der Waals surface area contributed by atoms with Crippen LogP contribution in [0.25, 0.3) is 22.3 Å². The van der Waals surface area contributed by atoms with Gasteiger partial charge in [-0.25, -0.2) is 9.97 Å². The zero-order valence-corrected chi connectivity index (χ0v) is 22.4. The molecule has 10 heteroatoms. The van der Waals surface area contributed by atoms with E-state index < -0.39 is 0 Å². The zero-order valence-electron chi connectivity index (χ0n) is 21.6. The third-order valence-corrected chi connectivity index (χ3v) is 8.77. The zero-order chi connectivity index (χ0) is 25.8. The van der Waals surface area contributed by atoms with Crippen molar-refractivity contribution in [2.24, 2.45) is 5.92 Å². The van der Waals surface area contributed by atoms with Crippen LogP contribution in [-0.4, -0.2) is 83.4 Å². The standard InChI is InChI=1S/C28H33ClN6O3/c1-17(19-11-26(36)30-13-19)38-28-27-24(31-16-35(27)20-3-4-20)12-23(32-28)18-2-5-25(22(29)10-18)34-8-6-33(7-9-34)21-14-37-15-21/h2,5,10,12,16-17,19-21H,3-4,6-9,11,13-15H2,1H3,(H,30,36)/t17-,19?/m1/s1. The number of carbonyl (C=O) groups is 1. The van der Waals surface area contributed by atoms with E-state index in [-0.39, 0.29) is 17.9 Å². The highest BCUT2D eigenvalue weighted by atomic mass is 35.5. The van der Waals surface area contributed by atoms with Gasteiger partial charge < -0.3 is 24.3 Å². The second kappa shape index (κ2) is 9.70. The maximum Gasteiger partial charge on any atom is 0.241 e. The predicted octanol–water partition coefficient (Wildman–Crippen LogP) is 3.51. The van der Waals surface area contributed by atoms with Crippen LogP contribution in [0.15, 0.2) is 30.6 Å². The molecule has 1 unspecified atom stereocenters. The van der Waals surface area contributed by atoms with Gasteiger partial charge in [-0.15, -0.1) is 0 Å². The van der Waals surface area contributed by atoms with Crippen molar-refractivity contribution in [3.05, 3.63) is 35.6 Å². The molecule has 4 fully saturated rings. The Morgan fingerprint density at radius 3 is 2.61 bits per heavy atom. The monoisotopic (exact) mass is 536 g/mol. The maximum atomic E-state index is 11.8. The van der Waals surface area contributed by atoms with E-state index in [1.807, 2.05) is 25.4 Å². The van der Waals surface area contributed by atoms with E-state index in [0.717, 1.165) is 85.2 Å². The molecule has 1 aliphatic carbocycles. The molecule has 1 amide bonds. The molecule has 9 nitrogen and oxygen atoms in total. The van der Waals surface area contributed by atoms with E-state index in [1.165, 1.54) is 0 Å². The molecule has 0 radical (unpaired) electrons. The Kier molecular flexibility index (Phi) is 6.17. The fourth-order valence-corrected chi connectivity index (χ4v) is 6.10. The SMILES string of the molecule is C[C@@H](Oc1nc(-c2ccc(N3CCN(C4COC4)CC3)c(Cl)c2)cc2ncn(C3CC3)c12)C1CNC(=O)C1. The molecule has 2 atom stereocenters. The van der Waals surface area contributed by atoms with Gasteiger partial charge in [0.15, 0.2) is 0 Å². The molecule has 200 valence electrons. The lowest BCUT2D eigenvalue weighted by Crippen LogP contribution is -2.56. The molecule has 1 aromatic carbocycles. The second-order valence-electron chi connectivity index (χ2n) is 11.0. The van der Waals surface area contributed by atoms with E-state index in [4.69, 9.17) is 31.0 Å². The number of nitrogens with zero attached hydrogens (tertiary/aromatic N) is 5. The van der Waals surface area contributed by atoms with Crippen molar-refractivity contribution in [2.45, 2.75) is 44.4 Å². The van der Waals surface area contributed by atoms with Crippen molar-refractivity contribution < 1.29 is 14.3 Å². The number of amides is 1. The first-order valence-electron chi connectivity index (χ1n) is 13.7. The first-order chi connectivity index (χ1) is 18.5. The number of pyridine rings is 1. The second-order valence-corrected chi connectivity index (χ2v) is 11.4. The van der Waals surface area contributed by atoms with Gasteiger partial charge in [-0.2, -0.15) is 0 Å². The first-order valence-corrected chi connectivity index (χ1v) is 14.1. The van der Waals surface area contributed by atoms with E-state index >= 15 is 0 Å². The Balaban J connectivity index is 1.16. The molecule has 1 saturated carbocycles. The third kappa shape index (κ3) is 4.50. The highest BCUT2D eigenvalue weighted by Crippen LogP contribution is 2.41. The number of carbonyl (C=O) groups excluding carboxylic acids is 1. The van der Waals surface area contributed by atoms with E-state index in [0.29, 0.717) is 30.9 Å². The number of hydrogen-bond donors (Lipinski definition) is 1. The van der Waals surface area contributed by atoms with Crippen LogP contribution in [0, 0.1) is 5.92 Å². The van der Waals surface area contributed by atoms with Gasteiger partial charge in [-0.1, -0.05) is 17.7 Å². The molecule has 1 N–H and O–H groups in total. The highest BCUT2D eigenvalue weighted by molar-refractivity contribution is 6.33. The summed E-state index contributed by atoms with van der Waals surface area (Å²) < 4.78 is 14.0. The minimum atomic E-state index is -0.154. The first kappa shape index (κ1) is 24.2. The topological polar surface area (TPSA) is 84.8 Å². The molecule has 3 saturated heterocycles. The molecular weight excluding hydrogens is 504 g/mol. The lowest BCUT2D eigenvalue weighted by Gasteiger charge is -2.43. The van der Waals surface area contributed by atoms with Gasteiger partial charge in [-0.05, 0) is 38.0 Å². The van der Waals surface area contributed by atoms with Crippen LogP contribution in [0.2, 0.25) is 5.02 Å². The summed E-state index contributed by atoms with van der Waals surface area (Å²) in [5.41, 5.74) is 4.56. The maximum absolute atomic E-state index is 11.8. The average Bonchev–Trinajstić information content (AvgIpc) is 3.48. The lowest BCUT2D eigenvalue weighted by molar-refractivity contribution is -0.119. The Morgan fingerprint density at radius 2 is 1.95 bits per heavy atom. The fraction of sp³-hybridized carbons (Fsp3) is 0.536. The average molecular weight is 537 g/mol. The van der Waals surface area contributed by atoms with Crippen LogP contribution in [0.1, 0.15) is 32.2 Å². The number of fused-ring (bicyclic) bond motifs is 1. The van der Waals surface area contributed by atoms with Crippen LogP contribution in [0.3, 0.4) is 0 Å². The van der Waals surface area contributed by atoms with Crippen molar-refractivity contribution in [1.29, 1.82) is 0 Å². The summed E-state index contributed by atoms with van der Waals surface area (Å²) in [6, 6.07) is 9.24. The summed E-state index contributed by atoms with van der Waals surface area (Å²) in [6.07, 6.45) is 4.51. The number of halogens is 1. The normalized spacial score (nSPS) is 23.5. The summed E-state index contributed by atoms with van der Waals surface area (Å²) in [7, 11) is 0. The molecule has 38 heavy (non-hydrogen) atoms. The van der Waals surface area contributed by atoms with Gasteiger partial charge in [0, 0.05) is 56.7 Å². The summed E-state index contributed by atoms with van der Waals surface area (Å²) in [4.78, 5) is 26.4. The van der Waals surface area contributed by atoms with Crippen LogP contribution >= 0.6 is 11.6 Å². The van der Waals surface area contributed by atoms with Crippen molar-refractivity contribution in [2.75, 3.05) is 50.8 Å². The van der Waals surface area contributed by atoms with Crippen LogP contribution < -0.4 is 15.0 Å². The number of benzene rings is 1. The molecular formula is C28H33ClN6O3. The number of aromatic nitrogens is 3. The Labute approximate surface area is 227 Å². The number of imidazole rings is 1. The van der Waals surface area contributed by atoms with Crippen molar-refractivity contribution in [3.63, 3.8) is 0 Å². The molecule has 7 rings (SSSR count). The molecule has 2 aromatic heterocycles. The Morgan fingerprint density at radius 1 is 1.13 bits per heavy atom. The number of hydrogen-bond acceptors (Lipinski definition) is 7. The largest absolute Gasteiger partial charge is 0.473 e. The number of piperazine rings is 1. The van der Waals surface area contributed by atoms with E-state index in [1.54, 1.807) is 0 Å². The van der Waals surface area contributed by atoms with Crippen molar-refractivity contribution in [1.82, 2.24) is 24.8 Å². The molecule has 5 heterocycles. The quantitative estimate of drug-likeness (QED) is 0.494. The van der Waals surface area contributed by atoms with Gasteiger partial charge in [0.05, 0.1) is 47.5 Å². The van der Waals surface area contributed by atoms with Gasteiger partial charge in [0.1, 0.15) is 11.6 Å². The van der Waals surface area contributed by atoms with Crippen LogP contribution in [-0.2, 0) is 9.53 Å². The molecule has 3 aromatic rings. The molecule has 4 aliphatic rings. The molecule has 0 spiro atoms. The Hall–Kier alpha value is -2.88. The minimum absolute atomic E-state index is 0.0773. The summed E-state index contributed by atoms with van der Waals surface area (Å²) in [6.45, 7) is 8.30. The third-order valence-electron chi connectivity index (χ3n) is 8.47.